The number of piperidine rings is 1. The normalized spacial score (nSPS) is 16.5. The number of benzene rings is 1. The van der Waals surface area contributed by atoms with Crippen LogP contribution in [0.25, 0.3) is 0 Å². The maximum absolute atomic E-state index is 12.0. The van der Waals surface area contributed by atoms with Gasteiger partial charge in [-0.2, -0.15) is 0 Å². The highest BCUT2D eigenvalue weighted by atomic mass is 79.9. The van der Waals surface area contributed by atoms with Gasteiger partial charge in [0, 0.05) is 24.7 Å². The molecule has 0 unspecified atom stereocenters. The first-order valence-electron chi connectivity index (χ1n) is 9.16. The average molecular weight is 428 g/mol. The molecule has 0 amide bonds. The molecule has 146 valence electrons. The number of hydrogen-bond donors (Lipinski definition) is 0. The fourth-order valence-electron chi connectivity index (χ4n) is 2.86. The highest BCUT2D eigenvalue weighted by molar-refractivity contribution is 9.10. The molecule has 1 aromatic carbocycles. The first-order valence-corrected chi connectivity index (χ1v) is 9.96. The van der Waals surface area contributed by atoms with Gasteiger partial charge in [0.05, 0.1) is 12.0 Å². The second-order valence-electron chi connectivity index (χ2n) is 7.84. The molecule has 26 heavy (non-hydrogen) atoms. The standard InChI is InChI=1S/C20H30BrNO4/c1-20(2,3)19(23)26-22-7-5-15(6-8-22)11-16-12-17(21)14-18(13-16)25-10-9-24-4/h12-15H,5-11H2,1-4H3. The van der Waals surface area contributed by atoms with Gasteiger partial charge in [0.2, 0.25) is 0 Å². The molecule has 1 heterocycles. The molecular weight excluding hydrogens is 398 g/mol. The first kappa shape index (κ1) is 21.2. The summed E-state index contributed by atoms with van der Waals surface area (Å²) in [5, 5.41) is 1.81. The van der Waals surface area contributed by atoms with Gasteiger partial charge in [-0.15, -0.1) is 5.06 Å². The van der Waals surface area contributed by atoms with Crippen molar-refractivity contribution in [1.82, 2.24) is 5.06 Å². The summed E-state index contributed by atoms with van der Waals surface area (Å²) < 4.78 is 11.8. The Balaban J connectivity index is 1.84. The quantitative estimate of drug-likeness (QED) is 0.609. The third-order valence-corrected chi connectivity index (χ3v) is 4.87. The van der Waals surface area contributed by atoms with Crippen LogP contribution in [0.5, 0.6) is 5.75 Å². The van der Waals surface area contributed by atoms with E-state index in [1.54, 1.807) is 7.11 Å². The minimum absolute atomic E-state index is 0.166. The van der Waals surface area contributed by atoms with E-state index in [-0.39, 0.29) is 5.97 Å². The van der Waals surface area contributed by atoms with E-state index in [2.05, 4.69) is 28.1 Å². The van der Waals surface area contributed by atoms with Crippen LogP contribution in [-0.4, -0.2) is 44.4 Å². The van der Waals surface area contributed by atoms with Crippen LogP contribution in [0.3, 0.4) is 0 Å². The number of carbonyl (C=O) groups excluding carboxylic acids is 1. The van der Waals surface area contributed by atoms with E-state index >= 15 is 0 Å². The predicted octanol–water partition coefficient (Wildman–Crippen LogP) is 4.23. The largest absolute Gasteiger partial charge is 0.491 e. The number of nitrogens with zero attached hydrogens (tertiary/aromatic N) is 1. The van der Waals surface area contributed by atoms with Crippen molar-refractivity contribution in [3.05, 3.63) is 28.2 Å². The minimum atomic E-state index is -0.466. The van der Waals surface area contributed by atoms with Crippen molar-refractivity contribution in [2.24, 2.45) is 11.3 Å². The van der Waals surface area contributed by atoms with Crippen LogP contribution in [0.4, 0.5) is 0 Å². The van der Waals surface area contributed by atoms with Gasteiger partial charge in [0.1, 0.15) is 12.4 Å². The summed E-state index contributed by atoms with van der Waals surface area (Å²) in [6, 6.07) is 6.23. The molecule has 0 atom stereocenters. The summed E-state index contributed by atoms with van der Waals surface area (Å²) in [5.74, 6) is 1.28. The van der Waals surface area contributed by atoms with Crippen LogP contribution in [0, 0.1) is 11.3 Å². The fraction of sp³-hybridized carbons (Fsp3) is 0.650. The Morgan fingerprint density at radius 2 is 1.88 bits per heavy atom. The molecule has 6 heteroatoms. The van der Waals surface area contributed by atoms with Gasteiger partial charge in [-0.25, -0.2) is 4.79 Å². The summed E-state index contributed by atoms with van der Waals surface area (Å²) in [4.78, 5) is 17.5. The van der Waals surface area contributed by atoms with Crippen molar-refractivity contribution < 1.29 is 19.1 Å². The molecule has 0 N–H and O–H groups in total. The van der Waals surface area contributed by atoms with Crippen molar-refractivity contribution >= 4 is 21.9 Å². The Kier molecular flexibility index (Phi) is 7.92. The van der Waals surface area contributed by atoms with Gasteiger partial charge >= 0.3 is 5.97 Å². The molecule has 1 saturated heterocycles. The maximum atomic E-state index is 12.0. The van der Waals surface area contributed by atoms with Gasteiger partial charge in [0.25, 0.3) is 0 Å². The van der Waals surface area contributed by atoms with E-state index < -0.39 is 5.41 Å². The lowest BCUT2D eigenvalue weighted by molar-refractivity contribution is -0.206. The molecule has 0 saturated carbocycles. The number of hydrogen-bond acceptors (Lipinski definition) is 5. The van der Waals surface area contributed by atoms with E-state index in [0.29, 0.717) is 19.1 Å². The number of rotatable bonds is 7. The number of carbonyl (C=O) groups is 1. The zero-order valence-electron chi connectivity index (χ0n) is 16.2. The Labute approximate surface area is 165 Å². The Morgan fingerprint density at radius 3 is 2.50 bits per heavy atom. The van der Waals surface area contributed by atoms with Crippen molar-refractivity contribution in [2.75, 3.05) is 33.4 Å². The highest BCUT2D eigenvalue weighted by Gasteiger charge is 2.28. The second-order valence-corrected chi connectivity index (χ2v) is 8.76. The third kappa shape index (κ3) is 6.89. The van der Waals surface area contributed by atoms with E-state index in [0.717, 1.165) is 42.6 Å². The third-order valence-electron chi connectivity index (χ3n) is 4.41. The molecule has 1 aliphatic heterocycles. The van der Waals surface area contributed by atoms with Crippen molar-refractivity contribution in [2.45, 2.75) is 40.0 Å². The molecule has 1 aromatic rings. The van der Waals surface area contributed by atoms with Crippen LogP contribution in [0.1, 0.15) is 39.2 Å². The number of hydroxylamine groups is 2. The van der Waals surface area contributed by atoms with E-state index in [1.807, 2.05) is 31.9 Å². The zero-order chi connectivity index (χ0) is 19.2. The SMILES string of the molecule is COCCOc1cc(Br)cc(CC2CCN(OC(=O)C(C)(C)C)CC2)c1. The van der Waals surface area contributed by atoms with E-state index in [1.165, 1.54) is 5.56 Å². The van der Waals surface area contributed by atoms with Crippen molar-refractivity contribution in [3.63, 3.8) is 0 Å². The summed E-state index contributed by atoms with van der Waals surface area (Å²) in [5.41, 5.74) is 0.795. The maximum Gasteiger partial charge on any atom is 0.330 e. The predicted molar refractivity (Wildman–Crippen MR) is 105 cm³/mol. The van der Waals surface area contributed by atoms with Gasteiger partial charge in [-0.3, -0.25) is 0 Å². The van der Waals surface area contributed by atoms with Crippen molar-refractivity contribution in [3.8, 4) is 5.75 Å². The molecule has 0 bridgehead atoms. The molecular formula is C20H30BrNO4. The van der Waals surface area contributed by atoms with Gasteiger partial charge in [-0.1, -0.05) is 15.9 Å². The molecule has 0 aromatic heterocycles. The van der Waals surface area contributed by atoms with Gasteiger partial charge in [-0.05, 0) is 69.7 Å². The molecule has 0 spiro atoms. The molecule has 2 rings (SSSR count). The Morgan fingerprint density at radius 1 is 1.19 bits per heavy atom. The van der Waals surface area contributed by atoms with Crippen LogP contribution < -0.4 is 4.74 Å². The van der Waals surface area contributed by atoms with Crippen LogP contribution in [0.2, 0.25) is 0 Å². The molecule has 5 nitrogen and oxygen atoms in total. The first-order chi connectivity index (χ1) is 12.3. The monoisotopic (exact) mass is 427 g/mol. The molecule has 0 aliphatic carbocycles. The summed E-state index contributed by atoms with van der Waals surface area (Å²) >= 11 is 3.57. The molecule has 0 radical (unpaired) electrons. The van der Waals surface area contributed by atoms with Crippen LogP contribution in [-0.2, 0) is 20.8 Å². The minimum Gasteiger partial charge on any atom is -0.491 e. The summed E-state index contributed by atoms with van der Waals surface area (Å²) in [6.07, 6.45) is 3.04. The van der Waals surface area contributed by atoms with E-state index in [9.17, 15) is 4.79 Å². The lowest BCUT2D eigenvalue weighted by atomic mass is 9.91. The molecule has 1 aliphatic rings. The van der Waals surface area contributed by atoms with Crippen molar-refractivity contribution in [1.29, 1.82) is 0 Å². The zero-order valence-corrected chi connectivity index (χ0v) is 17.8. The number of methoxy groups -OCH3 is 1. The van der Waals surface area contributed by atoms with Gasteiger partial charge in [0.15, 0.2) is 0 Å². The topological polar surface area (TPSA) is 48.0 Å². The average Bonchev–Trinajstić information content (AvgIpc) is 2.55. The smallest absolute Gasteiger partial charge is 0.330 e. The fourth-order valence-corrected chi connectivity index (χ4v) is 3.38. The van der Waals surface area contributed by atoms with E-state index in [4.69, 9.17) is 14.3 Å². The van der Waals surface area contributed by atoms with Gasteiger partial charge < -0.3 is 14.3 Å². The lowest BCUT2D eigenvalue weighted by Crippen LogP contribution is -2.39. The van der Waals surface area contributed by atoms with Crippen LogP contribution >= 0.6 is 15.9 Å². The second kappa shape index (κ2) is 9.72. The summed E-state index contributed by atoms with van der Waals surface area (Å²) in [6.45, 7) is 8.33. The number of ether oxygens (including phenoxy) is 2. The number of halogens is 1. The Bertz CT molecular complexity index is 592. The Hall–Kier alpha value is -1.11. The summed E-state index contributed by atoms with van der Waals surface area (Å²) in [7, 11) is 1.67. The molecule has 1 fully saturated rings. The highest BCUT2D eigenvalue weighted by Crippen LogP contribution is 2.27. The van der Waals surface area contributed by atoms with Crippen LogP contribution in [0.15, 0.2) is 22.7 Å². The lowest BCUT2D eigenvalue weighted by Gasteiger charge is -2.32.